The van der Waals surface area contributed by atoms with Gasteiger partial charge in [0, 0.05) is 0 Å². The van der Waals surface area contributed by atoms with Gasteiger partial charge in [-0.25, -0.2) is 0 Å². The Morgan fingerprint density at radius 2 is 0.694 bits per heavy atom. The van der Waals surface area contributed by atoms with E-state index in [-0.39, 0.29) is 18.9 Å². The summed E-state index contributed by atoms with van der Waals surface area (Å²) >= 11 is 0. The minimum absolute atomic E-state index is 0.0423. The van der Waals surface area contributed by atoms with Crippen molar-refractivity contribution >= 4 is 5.91 Å². The number of unbranched alkanes of at least 4 members (excludes halogenated alkanes) is 32. The predicted molar refractivity (Wildman–Crippen MR) is 213 cm³/mol. The molecule has 3 atom stereocenters. The van der Waals surface area contributed by atoms with Gasteiger partial charge in [0.25, 0.3) is 0 Å². The van der Waals surface area contributed by atoms with Crippen LogP contribution in [0.4, 0.5) is 0 Å². The lowest BCUT2D eigenvalue weighted by atomic mass is 10.0. The number of nitrogens with one attached hydrogen (secondary N) is 1. The van der Waals surface area contributed by atoms with Gasteiger partial charge < -0.3 is 20.6 Å². The lowest BCUT2D eigenvalue weighted by Crippen LogP contribution is -2.46. The van der Waals surface area contributed by atoms with Crippen molar-refractivity contribution in [1.82, 2.24) is 5.32 Å². The van der Waals surface area contributed by atoms with Crippen LogP contribution in [0.15, 0.2) is 0 Å². The first kappa shape index (κ1) is 48.3. The van der Waals surface area contributed by atoms with Gasteiger partial charge in [0.05, 0.1) is 31.3 Å². The van der Waals surface area contributed by atoms with Crippen molar-refractivity contribution in [1.29, 1.82) is 0 Å². The van der Waals surface area contributed by atoms with Gasteiger partial charge >= 0.3 is 0 Å². The third-order valence-corrected chi connectivity index (χ3v) is 10.7. The van der Waals surface area contributed by atoms with Crippen LogP contribution in [-0.2, 0) is 4.79 Å². The molecule has 0 aromatic heterocycles. The van der Waals surface area contributed by atoms with E-state index in [1.165, 1.54) is 193 Å². The maximum absolute atomic E-state index is 12.4. The van der Waals surface area contributed by atoms with Crippen molar-refractivity contribution in [2.75, 3.05) is 6.61 Å². The Morgan fingerprint density at radius 3 is 0.980 bits per heavy atom. The normalized spacial score (nSPS) is 13.5. The molecule has 1 amide bonds. The number of hydrogen-bond acceptors (Lipinski definition) is 4. The minimum Gasteiger partial charge on any atom is -0.394 e. The topological polar surface area (TPSA) is 89.8 Å². The van der Waals surface area contributed by atoms with E-state index in [0.29, 0.717) is 12.8 Å². The van der Waals surface area contributed by atoms with Crippen LogP contribution in [0, 0.1) is 0 Å². The second kappa shape index (κ2) is 40.1. The SMILES string of the molecule is CCCCCCCCCCCCCCCCCCCCCCCCC(O)C(CO)NC(=O)CC(O)CCCCCCCCCCCCCC. The van der Waals surface area contributed by atoms with Gasteiger partial charge in [-0.2, -0.15) is 0 Å². The van der Waals surface area contributed by atoms with E-state index in [1.807, 2.05) is 0 Å². The highest BCUT2D eigenvalue weighted by Gasteiger charge is 2.21. The molecule has 0 aliphatic rings. The Hall–Kier alpha value is -0.650. The number of aliphatic hydroxyl groups excluding tert-OH is 3. The molecular formula is C44H89NO4. The van der Waals surface area contributed by atoms with Gasteiger partial charge in [0.15, 0.2) is 0 Å². The van der Waals surface area contributed by atoms with Crippen molar-refractivity contribution in [2.45, 2.75) is 270 Å². The Bertz CT molecular complexity index is 644. The Kier molecular flexibility index (Phi) is 39.6. The molecule has 5 nitrogen and oxygen atoms in total. The van der Waals surface area contributed by atoms with Crippen molar-refractivity contribution in [3.8, 4) is 0 Å². The summed E-state index contributed by atoms with van der Waals surface area (Å²) in [4.78, 5) is 12.4. The summed E-state index contributed by atoms with van der Waals surface area (Å²) in [5.74, 6) is -0.279. The van der Waals surface area contributed by atoms with Gasteiger partial charge in [0.1, 0.15) is 0 Å². The van der Waals surface area contributed by atoms with Crippen LogP contribution in [0.25, 0.3) is 0 Å². The quantitative estimate of drug-likeness (QED) is 0.0479. The average molecular weight is 696 g/mol. The van der Waals surface area contributed by atoms with Gasteiger partial charge in [0.2, 0.25) is 5.91 Å². The number of hydrogen-bond donors (Lipinski definition) is 4. The number of carbonyl (C=O) groups is 1. The van der Waals surface area contributed by atoms with Crippen molar-refractivity contribution in [2.24, 2.45) is 0 Å². The molecule has 4 N–H and O–H groups in total. The summed E-state index contributed by atoms with van der Waals surface area (Å²) in [5, 5.41) is 33.4. The molecule has 0 saturated heterocycles. The van der Waals surface area contributed by atoms with E-state index in [0.717, 1.165) is 25.7 Å². The molecule has 294 valence electrons. The highest BCUT2D eigenvalue weighted by atomic mass is 16.3. The zero-order valence-corrected chi connectivity index (χ0v) is 33.4. The second-order valence-corrected chi connectivity index (χ2v) is 15.7. The summed E-state index contributed by atoms with van der Waals surface area (Å²) < 4.78 is 0. The van der Waals surface area contributed by atoms with Crippen LogP contribution in [0.3, 0.4) is 0 Å². The molecule has 0 heterocycles. The maximum atomic E-state index is 12.4. The zero-order chi connectivity index (χ0) is 35.9. The molecular weight excluding hydrogens is 606 g/mol. The third-order valence-electron chi connectivity index (χ3n) is 10.7. The molecule has 49 heavy (non-hydrogen) atoms. The van der Waals surface area contributed by atoms with Crippen LogP contribution >= 0.6 is 0 Å². The maximum Gasteiger partial charge on any atom is 0.222 e. The summed E-state index contributed by atoms with van der Waals surface area (Å²) in [6.07, 6.45) is 45.0. The zero-order valence-electron chi connectivity index (χ0n) is 33.4. The van der Waals surface area contributed by atoms with Crippen LogP contribution < -0.4 is 5.32 Å². The molecule has 5 heteroatoms. The van der Waals surface area contributed by atoms with Gasteiger partial charge in [-0.05, 0) is 12.8 Å². The molecule has 0 aromatic carbocycles. The number of aliphatic hydroxyl groups is 3. The summed E-state index contributed by atoms with van der Waals surface area (Å²) in [6.45, 7) is 4.27. The molecule has 0 spiro atoms. The molecule has 0 radical (unpaired) electrons. The van der Waals surface area contributed by atoms with E-state index >= 15 is 0 Å². The van der Waals surface area contributed by atoms with Gasteiger partial charge in [-0.3, -0.25) is 4.79 Å². The highest BCUT2D eigenvalue weighted by Crippen LogP contribution is 2.17. The molecule has 3 unspecified atom stereocenters. The average Bonchev–Trinajstić information content (AvgIpc) is 3.09. The first-order chi connectivity index (χ1) is 24.0. The first-order valence-corrected chi connectivity index (χ1v) is 22.3. The molecule has 0 aromatic rings. The van der Waals surface area contributed by atoms with Gasteiger partial charge in [-0.15, -0.1) is 0 Å². The molecule has 0 bridgehead atoms. The fourth-order valence-electron chi connectivity index (χ4n) is 7.23. The summed E-state index contributed by atoms with van der Waals surface area (Å²) in [7, 11) is 0. The van der Waals surface area contributed by atoms with E-state index in [4.69, 9.17) is 0 Å². The van der Waals surface area contributed by atoms with Gasteiger partial charge in [-0.1, -0.05) is 232 Å². The van der Waals surface area contributed by atoms with E-state index < -0.39 is 18.2 Å². The number of rotatable bonds is 41. The minimum atomic E-state index is -0.743. The summed E-state index contributed by atoms with van der Waals surface area (Å²) in [6, 6.07) is -0.652. The Morgan fingerprint density at radius 1 is 0.429 bits per heavy atom. The van der Waals surface area contributed by atoms with Crippen molar-refractivity contribution in [3.05, 3.63) is 0 Å². The predicted octanol–water partition coefficient (Wildman–Crippen LogP) is 12.7. The van der Waals surface area contributed by atoms with E-state index in [9.17, 15) is 20.1 Å². The molecule has 0 rings (SSSR count). The van der Waals surface area contributed by atoms with Crippen LogP contribution in [0.5, 0.6) is 0 Å². The molecule has 0 aliphatic carbocycles. The molecule has 0 fully saturated rings. The number of carbonyl (C=O) groups excluding carboxylic acids is 1. The lowest BCUT2D eigenvalue weighted by Gasteiger charge is -2.23. The Labute approximate surface area is 307 Å². The fourth-order valence-corrected chi connectivity index (χ4v) is 7.23. The van der Waals surface area contributed by atoms with E-state index in [2.05, 4.69) is 19.2 Å². The van der Waals surface area contributed by atoms with Crippen molar-refractivity contribution < 1.29 is 20.1 Å². The standard InChI is InChI=1S/C44H89NO4/c1-3-5-7-9-11-13-15-17-18-19-20-21-22-23-24-25-26-28-30-32-34-36-38-43(48)42(40-46)45-44(49)39-41(47)37-35-33-31-29-27-16-14-12-10-8-6-4-2/h41-43,46-48H,3-40H2,1-2H3,(H,45,49). The fraction of sp³-hybridized carbons (Fsp3) is 0.977. The molecule has 0 saturated carbocycles. The van der Waals surface area contributed by atoms with Crippen LogP contribution in [0.1, 0.15) is 251 Å². The van der Waals surface area contributed by atoms with Crippen molar-refractivity contribution in [3.63, 3.8) is 0 Å². The first-order valence-electron chi connectivity index (χ1n) is 22.3. The number of amides is 1. The monoisotopic (exact) mass is 696 g/mol. The largest absolute Gasteiger partial charge is 0.394 e. The molecule has 0 aliphatic heterocycles. The van der Waals surface area contributed by atoms with E-state index in [1.54, 1.807) is 0 Å². The summed E-state index contributed by atoms with van der Waals surface area (Å²) in [5.41, 5.74) is 0. The third kappa shape index (κ3) is 36.9. The Balaban J connectivity index is 3.54. The highest BCUT2D eigenvalue weighted by molar-refractivity contribution is 5.76. The van der Waals surface area contributed by atoms with Crippen LogP contribution in [-0.4, -0.2) is 46.1 Å². The smallest absolute Gasteiger partial charge is 0.222 e. The van der Waals surface area contributed by atoms with Crippen LogP contribution in [0.2, 0.25) is 0 Å². The lowest BCUT2D eigenvalue weighted by molar-refractivity contribution is -0.125. The second-order valence-electron chi connectivity index (χ2n) is 15.7.